The van der Waals surface area contributed by atoms with Gasteiger partial charge in [-0.25, -0.2) is 0 Å². The van der Waals surface area contributed by atoms with Gasteiger partial charge in [0.25, 0.3) is 0 Å². The minimum absolute atomic E-state index is 0.0415. The van der Waals surface area contributed by atoms with Crippen molar-refractivity contribution in [2.75, 3.05) is 6.54 Å². The fraction of sp³-hybridized carbons (Fsp3) is 0.390. The standard InChI is InChI=1S/C41H51N5O4/c1-4-28(3)38(45-41(50)35(44-37(48)5-2)26-34-24-31-20-12-13-22-33(31)27-43-34)36(47)25-32(21-14-15-23-42)40(49)46-39(29-16-8-6-9-17-29)30-18-10-7-11-19-30/h6-13,16-20,22,24,27-28,32,35,38-39H,4-5,14-15,21,23,25-26,42H2,1-3H3,(H,44,48)(H,45,50)(H,46,49)/t28-,32+,35-,38-/m0/s1. The van der Waals surface area contributed by atoms with Crippen LogP contribution < -0.4 is 21.7 Å². The molecule has 1 heterocycles. The molecule has 4 atom stereocenters. The van der Waals surface area contributed by atoms with Crippen LogP contribution in [0.3, 0.4) is 0 Å². The largest absolute Gasteiger partial charge is 0.345 e. The van der Waals surface area contributed by atoms with Gasteiger partial charge in [-0.2, -0.15) is 0 Å². The van der Waals surface area contributed by atoms with Gasteiger partial charge in [0.15, 0.2) is 5.78 Å². The summed E-state index contributed by atoms with van der Waals surface area (Å²) in [5.41, 5.74) is 8.31. The lowest BCUT2D eigenvalue weighted by atomic mass is 9.87. The highest BCUT2D eigenvalue weighted by molar-refractivity contribution is 5.95. The zero-order valence-electron chi connectivity index (χ0n) is 29.4. The molecule has 0 saturated heterocycles. The van der Waals surface area contributed by atoms with Crippen LogP contribution in [0.4, 0.5) is 0 Å². The van der Waals surface area contributed by atoms with E-state index in [0.717, 1.165) is 28.3 Å². The van der Waals surface area contributed by atoms with Crippen LogP contribution in [0.25, 0.3) is 10.8 Å². The van der Waals surface area contributed by atoms with Crippen LogP contribution in [-0.2, 0) is 25.6 Å². The van der Waals surface area contributed by atoms with Crippen molar-refractivity contribution in [1.29, 1.82) is 0 Å². The minimum atomic E-state index is -0.934. The van der Waals surface area contributed by atoms with E-state index in [2.05, 4.69) is 20.9 Å². The predicted molar refractivity (Wildman–Crippen MR) is 198 cm³/mol. The van der Waals surface area contributed by atoms with Gasteiger partial charge in [-0.05, 0) is 47.9 Å². The Labute approximate surface area is 295 Å². The second kappa shape index (κ2) is 19.3. The van der Waals surface area contributed by atoms with E-state index < -0.39 is 30.0 Å². The molecule has 3 aromatic carbocycles. The summed E-state index contributed by atoms with van der Waals surface area (Å²) in [6.07, 6.45) is 4.60. The molecule has 4 aromatic rings. The third-order valence-corrected chi connectivity index (χ3v) is 9.31. The van der Waals surface area contributed by atoms with Crippen LogP contribution in [0, 0.1) is 11.8 Å². The number of nitrogens with zero attached hydrogens (tertiary/aromatic N) is 1. The molecular weight excluding hydrogens is 626 g/mol. The lowest BCUT2D eigenvalue weighted by Crippen LogP contribution is -2.54. The highest BCUT2D eigenvalue weighted by Gasteiger charge is 2.33. The third kappa shape index (κ3) is 10.8. The van der Waals surface area contributed by atoms with Crippen molar-refractivity contribution in [2.45, 2.75) is 83.8 Å². The molecule has 264 valence electrons. The Morgan fingerprint density at radius 3 is 1.98 bits per heavy atom. The molecule has 0 aliphatic carbocycles. The SMILES string of the molecule is CCC(=O)N[C@@H](Cc1cc2ccccc2cn1)C(=O)N[C@H](C(=O)C[C@@H](CCCCN)C(=O)NC(c1ccccc1)c1ccccc1)[C@@H](C)CC. The summed E-state index contributed by atoms with van der Waals surface area (Å²) in [5, 5.41) is 11.0. The molecular formula is C41H51N5O4. The van der Waals surface area contributed by atoms with Crippen molar-refractivity contribution in [3.05, 3.63) is 114 Å². The zero-order valence-corrected chi connectivity index (χ0v) is 29.4. The number of ketones is 1. The number of nitrogens with one attached hydrogen (secondary N) is 3. The van der Waals surface area contributed by atoms with Gasteiger partial charge in [-0.15, -0.1) is 0 Å². The van der Waals surface area contributed by atoms with Crippen LogP contribution in [0.2, 0.25) is 0 Å². The van der Waals surface area contributed by atoms with E-state index in [1.165, 1.54) is 0 Å². The van der Waals surface area contributed by atoms with Crippen molar-refractivity contribution >= 4 is 34.3 Å². The maximum Gasteiger partial charge on any atom is 0.243 e. The predicted octanol–water partition coefficient (Wildman–Crippen LogP) is 5.81. The maximum atomic E-state index is 14.1. The number of unbranched alkanes of at least 4 members (excludes halogenated alkanes) is 1. The number of benzene rings is 3. The molecule has 0 bridgehead atoms. The van der Waals surface area contributed by atoms with Crippen molar-refractivity contribution in [3.63, 3.8) is 0 Å². The number of hydrogen-bond acceptors (Lipinski definition) is 6. The monoisotopic (exact) mass is 677 g/mol. The van der Waals surface area contributed by atoms with Gasteiger partial charge in [0, 0.05) is 42.5 Å². The van der Waals surface area contributed by atoms with Gasteiger partial charge in [-0.1, -0.05) is 119 Å². The Bertz CT molecular complexity index is 1660. The van der Waals surface area contributed by atoms with Gasteiger partial charge >= 0.3 is 0 Å². The number of carbonyl (C=O) groups is 4. The Kier molecular flexibility index (Phi) is 14.7. The first-order chi connectivity index (χ1) is 24.2. The van der Waals surface area contributed by atoms with Gasteiger partial charge in [0.05, 0.1) is 12.1 Å². The minimum Gasteiger partial charge on any atom is -0.345 e. The number of aromatic nitrogens is 1. The quantitative estimate of drug-likeness (QED) is 0.0923. The Morgan fingerprint density at radius 1 is 0.760 bits per heavy atom. The number of nitrogens with two attached hydrogens (primary N) is 1. The molecule has 3 amide bonds. The van der Waals surface area contributed by atoms with Gasteiger partial charge in [0.1, 0.15) is 6.04 Å². The topological polar surface area (TPSA) is 143 Å². The average Bonchev–Trinajstić information content (AvgIpc) is 3.15. The fourth-order valence-electron chi connectivity index (χ4n) is 6.13. The molecule has 50 heavy (non-hydrogen) atoms. The van der Waals surface area contributed by atoms with Crippen molar-refractivity contribution < 1.29 is 19.2 Å². The third-order valence-electron chi connectivity index (χ3n) is 9.31. The molecule has 0 aliphatic rings. The van der Waals surface area contributed by atoms with E-state index in [-0.39, 0.29) is 42.8 Å². The first kappa shape index (κ1) is 37.9. The van der Waals surface area contributed by atoms with Crippen molar-refractivity contribution in [2.24, 2.45) is 17.6 Å². The van der Waals surface area contributed by atoms with Crippen LogP contribution in [-0.4, -0.2) is 47.1 Å². The molecule has 4 rings (SSSR count). The highest BCUT2D eigenvalue weighted by Crippen LogP contribution is 2.25. The smallest absolute Gasteiger partial charge is 0.243 e. The van der Waals surface area contributed by atoms with Crippen LogP contribution >= 0.6 is 0 Å². The summed E-state index contributed by atoms with van der Waals surface area (Å²) in [5.74, 6) is -2.01. The molecule has 0 radical (unpaired) electrons. The second-order valence-electron chi connectivity index (χ2n) is 13.0. The molecule has 1 aromatic heterocycles. The Balaban J connectivity index is 1.55. The number of pyridine rings is 1. The summed E-state index contributed by atoms with van der Waals surface area (Å²) in [6.45, 7) is 6.08. The van der Waals surface area contributed by atoms with E-state index in [4.69, 9.17) is 5.73 Å². The maximum absolute atomic E-state index is 14.1. The summed E-state index contributed by atoms with van der Waals surface area (Å²) in [4.78, 5) is 59.1. The molecule has 0 fully saturated rings. The lowest BCUT2D eigenvalue weighted by molar-refractivity contribution is -0.134. The first-order valence-electron chi connectivity index (χ1n) is 17.8. The molecule has 0 spiro atoms. The van der Waals surface area contributed by atoms with E-state index in [1.807, 2.05) is 105 Å². The number of Topliss-reactive ketones (excluding diaryl/α,β-unsaturated/α-hetero) is 1. The van der Waals surface area contributed by atoms with Crippen molar-refractivity contribution in [3.8, 4) is 0 Å². The lowest BCUT2D eigenvalue weighted by Gasteiger charge is -2.28. The molecule has 0 unspecified atom stereocenters. The van der Waals surface area contributed by atoms with Gasteiger partial charge in [0.2, 0.25) is 17.7 Å². The van der Waals surface area contributed by atoms with E-state index in [0.29, 0.717) is 31.5 Å². The first-order valence-corrected chi connectivity index (χ1v) is 17.8. The number of carbonyl (C=O) groups excluding carboxylic acids is 4. The zero-order chi connectivity index (χ0) is 35.9. The molecule has 5 N–H and O–H groups in total. The van der Waals surface area contributed by atoms with Crippen LogP contribution in [0.15, 0.2) is 97.2 Å². The van der Waals surface area contributed by atoms with Gasteiger partial charge < -0.3 is 21.7 Å². The van der Waals surface area contributed by atoms with Crippen LogP contribution in [0.1, 0.15) is 82.2 Å². The molecule has 9 heteroatoms. The Morgan fingerprint density at radius 2 is 1.38 bits per heavy atom. The second-order valence-corrected chi connectivity index (χ2v) is 13.0. The summed E-state index contributed by atoms with van der Waals surface area (Å²) in [6, 6.07) is 27.0. The number of hydrogen-bond donors (Lipinski definition) is 4. The molecule has 0 aliphatic heterocycles. The summed E-state index contributed by atoms with van der Waals surface area (Å²) < 4.78 is 0. The van der Waals surface area contributed by atoms with Crippen LogP contribution in [0.5, 0.6) is 0 Å². The van der Waals surface area contributed by atoms with E-state index in [9.17, 15) is 19.2 Å². The fourth-order valence-corrected chi connectivity index (χ4v) is 6.13. The summed E-state index contributed by atoms with van der Waals surface area (Å²) in [7, 11) is 0. The number of rotatable bonds is 19. The average molecular weight is 678 g/mol. The van der Waals surface area contributed by atoms with Crippen molar-refractivity contribution in [1.82, 2.24) is 20.9 Å². The van der Waals surface area contributed by atoms with Gasteiger partial charge in [-0.3, -0.25) is 24.2 Å². The number of fused-ring (bicyclic) bond motifs is 1. The van der Waals surface area contributed by atoms with E-state index >= 15 is 0 Å². The Hall–Kier alpha value is -4.89. The van der Waals surface area contributed by atoms with E-state index in [1.54, 1.807) is 13.1 Å². The summed E-state index contributed by atoms with van der Waals surface area (Å²) >= 11 is 0. The highest BCUT2D eigenvalue weighted by atomic mass is 16.2. The number of amides is 3. The normalized spacial score (nSPS) is 13.6. The molecule has 9 nitrogen and oxygen atoms in total. The molecule has 0 saturated carbocycles.